The summed E-state index contributed by atoms with van der Waals surface area (Å²) in [6.07, 6.45) is 2.58. The number of likely N-dealkylation sites (tertiary alicyclic amines) is 1. The number of hydrogen-bond donors (Lipinski definition) is 2. The number of nitrogens with one attached hydrogen (secondary N) is 1. The Morgan fingerprint density at radius 1 is 1.23 bits per heavy atom. The van der Waals surface area contributed by atoms with Gasteiger partial charge in [0, 0.05) is 35.8 Å². The van der Waals surface area contributed by atoms with E-state index < -0.39 is 17.6 Å². The van der Waals surface area contributed by atoms with E-state index >= 15 is 0 Å². The van der Waals surface area contributed by atoms with E-state index in [0.717, 1.165) is 61.3 Å². The molecule has 2 aliphatic rings. The molecule has 0 radical (unpaired) electrons. The molecule has 1 amide bonds. The number of carbonyl (C=O) groups excluding carboxylic acids is 1. The third kappa shape index (κ3) is 6.49. The topological polar surface area (TPSA) is 84.1 Å². The number of thiazole rings is 1. The average Bonchev–Trinajstić information content (AvgIpc) is 3.26. The summed E-state index contributed by atoms with van der Waals surface area (Å²) in [6.45, 7) is 6.36. The zero-order chi connectivity index (χ0) is 28.4. The number of pyridine rings is 1. The summed E-state index contributed by atoms with van der Waals surface area (Å²) < 4.78 is 42.2. The molecule has 0 spiro atoms. The summed E-state index contributed by atoms with van der Waals surface area (Å²) in [4.78, 5) is 23.8. The summed E-state index contributed by atoms with van der Waals surface area (Å²) in [7, 11) is 0. The van der Waals surface area contributed by atoms with Crippen LogP contribution < -0.4 is 11.1 Å². The molecule has 0 bridgehead atoms. The van der Waals surface area contributed by atoms with Crippen LogP contribution in [-0.2, 0) is 19.3 Å². The SMILES string of the molecule is Cc1sc(C(N)=O)nc1C(c1cccc(NCc2ncc(CN3CCC[C@H](C)C3)cc2C(F)(F)F)c1)C1CCC1. The zero-order valence-electron chi connectivity index (χ0n) is 22.9. The van der Waals surface area contributed by atoms with Gasteiger partial charge in [-0.3, -0.25) is 14.7 Å². The summed E-state index contributed by atoms with van der Waals surface area (Å²) >= 11 is 1.31. The Morgan fingerprint density at radius 2 is 2.02 bits per heavy atom. The minimum absolute atomic E-state index is 0.000463. The molecule has 3 N–H and O–H groups in total. The average molecular weight is 572 g/mol. The molecule has 40 heavy (non-hydrogen) atoms. The molecular formula is C30H36F3N5OS. The van der Waals surface area contributed by atoms with E-state index in [1.165, 1.54) is 17.4 Å². The minimum atomic E-state index is -4.49. The second kappa shape index (κ2) is 11.9. The van der Waals surface area contributed by atoms with E-state index in [2.05, 4.69) is 27.1 Å². The van der Waals surface area contributed by atoms with Crippen molar-refractivity contribution in [2.75, 3.05) is 18.4 Å². The van der Waals surface area contributed by atoms with Crippen LogP contribution in [0.25, 0.3) is 0 Å². The van der Waals surface area contributed by atoms with Gasteiger partial charge < -0.3 is 11.1 Å². The molecule has 10 heteroatoms. The standard InChI is InChI=1S/C30H36F3N5OS/c1-18-6-5-11-38(16-18)17-20-12-24(30(31,32)33)25(36-14-20)15-35-23-10-4-9-22(13-23)26(21-7-3-8-21)27-19(2)40-29(37-27)28(34)39/h4,9-10,12-14,18,21,26,35H,3,5-8,11,15-17H2,1-2H3,(H2,34,39)/t18-,26?/m0/s1. The Labute approximate surface area is 237 Å². The molecule has 2 fully saturated rings. The van der Waals surface area contributed by atoms with Crippen molar-refractivity contribution in [2.24, 2.45) is 17.6 Å². The van der Waals surface area contributed by atoms with E-state index in [4.69, 9.17) is 5.73 Å². The van der Waals surface area contributed by atoms with E-state index in [1.807, 2.05) is 31.2 Å². The molecule has 3 aromatic rings. The molecule has 5 rings (SSSR count). The smallest absolute Gasteiger partial charge is 0.379 e. The molecule has 1 aromatic carbocycles. The number of aromatic nitrogens is 2. The van der Waals surface area contributed by atoms with Gasteiger partial charge in [0.15, 0.2) is 5.01 Å². The first kappa shape index (κ1) is 28.5. The number of primary amides is 1. The Hall–Kier alpha value is -2.98. The van der Waals surface area contributed by atoms with Crippen LogP contribution >= 0.6 is 11.3 Å². The first-order valence-corrected chi connectivity index (χ1v) is 14.8. The number of anilines is 1. The predicted octanol–water partition coefficient (Wildman–Crippen LogP) is 6.74. The Balaban J connectivity index is 1.35. The predicted molar refractivity (Wildman–Crippen MR) is 151 cm³/mol. The van der Waals surface area contributed by atoms with Gasteiger partial charge in [-0.15, -0.1) is 11.3 Å². The normalized spacial score (nSPS) is 19.3. The fourth-order valence-corrected chi connectivity index (χ4v) is 6.77. The van der Waals surface area contributed by atoms with Crippen LogP contribution in [-0.4, -0.2) is 33.9 Å². The Bertz CT molecular complexity index is 1350. The lowest BCUT2D eigenvalue weighted by atomic mass is 9.71. The largest absolute Gasteiger partial charge is 0.418 e. The molecule has 3 heterocycles. The van der Waals surface area contributed by atoms with Crippen LogP contribution in [0.3, 0.4) is 0 Å². The van der Waals surface area contributed by atoms with Crippen molar-refractivity contribution in [3.63, 3.8) is 0 Å². The third-order valence-corrected chi connectivity index (χ3v) is 9.15. The van der Waals surface area contributed by atoms with Gasteiger partial charge in [-0.1, -0.05) is 25.5 Å². The van der Waals surface area contributed by atoms with Crippen molar-refractivity contribution in [1.29, 1.82) is 0 Å². The Morgan fingerprint density at radius 3 is 2.67 bits per heavy atom. The van der Waals surface area contributed by atoms with Gasteiger partial charge >= 0.3 is 6.18 Å². The number of alkyl halides is 3. The summed E-state index contributed by atoms with van der Waals surface area (Å²) in [5.74, 6) is 0.411. The lowest BCUT2D eigenvalue weighted by Crippen LogP contribution is -2.33. The molecular weight excluding hydrogens is 535 g/mol. The van der Waals surface area contributed by atoms with Crippen molar-refractivity contribution >= 4 is 22.9 Å². The number of hydrogen-bond acceptors (Lipinski definition) is 6. The van der Waals surface area contributed by atoms with E-state index in [1.54, 1.807) is 6.20 Å². The Kier molecular flexibility index (Phi) is 8.47. The summed E-state index contributed by atoms with van der Waals surface area (Å²) in [5.41, 5.74) is 7.96. The van der Waals surface area contributed by atoms with Gasteiger partial charge in [-0.2, -0.15) is 13.2 Å². The quantitative estimate of drug-likeness (QED) is 0.297. The summed E-state index contributed by atoms with van der Waals surface area (Å²) in [5, 5.41) is 3.48. The molecule has 1 aliphatic carbocycles. The maximum absolute atomic E-state index is 14.1. The summed E-state index contributed by atoms with van der Waals surface area (Å²) in [6, 6.07) is 9.01. The molecule has 214 valence electrons. The minimum Gasteiger partial charge on any atom is -0.379 e. The number of amides is 1. The second-order valence-electron chi connectivity index (χ2n) is 11.3. The van der Waals surface area contributed by atoms with Gasteiger partial charge in [0.1, 0.15) is 0 Å². The second-order valence-corrected chi connectivity index (χ2v) is 12.5. The van der Waals surface area contributed by atoms with Crippen LogP contribution in [0.2, 0.25) is 0 Å². The maximum atomic E-state index is 14.1. The van der Waals surface area contributed by atoms with Gasteiger partial charge in [-0.05, 0) is 80.3 Å². The van der Waals surface area contributed by atoms with Gasteiger partial charge in [0.25, 0.3) is 5.91 Å². The van der Waals surface area contributed by atoms with Crippen molar-refractivity contribution in [3.05, 3.63) is 74.5 Å². The number of aryl methyl sites for hydroxylation is 1. The van der Waals surface area contributed by atoms with E-state index in [-0.39, 0.29) is 18.2 Å². The van der Waals surface area contributed by atoms with Gasteiger partial charge in [-0.25, -0.2) is 4.98 Å². The third-order valence-electron chi connectivity index (χ3n) is 8.14. The number of halogens is 3. The first-order chi connectivity index (χ1) is 19.1. The molecule has 1 aliphatic heterocycles. The van der Waals surface area contributed by atoms with Crippen LogP contribution in [0.4, 0.5) is 18.9 Å². The fraction of sp³-hybridized carbons (Fsp3) is 0.500. The van der Waals surface area contributed by atoms with Gasteiger partial charge in [0.2, 0.25) is 0 Å². The molecule has 6 nitrogen and oxygen atoms in total. The van der Waals surface area contributed by atoms with Crippen LogP contribution in [0.15, 0.2) is 36.5 Å². The number of nitrogens with zero attached hydrogens (tertiary/aromatic N) is 3. The fourth-order valence-electron chi connectivity index (χ4n) is 5.95. The lowest BCUT2D eigenvalue weighted by Gasteiger charge is -2.34. The highest BCUT2D eigenvalue weighted by Crippen LogP contribution is 2.45. The van der Waals surface area contributed by atoms with Gasteiger partial charge in [0.05, 0.1) is 23.5 Å². The van der Waals surface area contributed by atoms with Crippen LogP contribution in [0.1, 0.15) is 87.7 Å². The highest BCUT2D eigenvalue weighted by molar-refractivity contribution is 7.13. The maximum Gasteiger partial charge on any atom is 0.418 e. The van der Waals surface area contributed by atoms with Crippen LogP contribution in [0.5, 0.6) is 0 Å². The molecule has 2 atom stereocenters. The number of benzene rings is 1. The zero-order valence-corrected chi connectivity index (χ0v) is 23.7. The lowest BCUT2D eigenvalue weighted by molar-refractivity contribution is -0.138. The van der Waals surface area contributed by atoms with E-state index in [9.17, 15) is 18.0 Å². The van der Waals surface area contributed by atoms with Crippen molar-refractivity contribution < 1.29 is 18.0 Å². The molecule has 2 aromatic heterocycles. The number of carbonyl (C=O) groups is 1. The monoisotopic (exact) mass is 571 g/mol. The highest BCUT2D eigenvalue weighted by atomic mass is 32.1. The molecule has 1 unspecified atom stereocenters. The number of rotatable bonds is 9. The van der Waals surface area contributed by atoms with Crippen LogP contribution in [0, 0.1) is 18.8 Å². The molecule has 1 saturated carbocycles. The first-order valence-electron chi connectivity index (χ1n) is 14.0. The van der Waals surface area contributed by atoms with Crippen molar-refractivity contribution in [2.45, 2.75) is 71.1 Å². The molecule has 1 saturated heterocycles. The van der Waals surface area contributed by atoms with Crippen molar-refractivity contribution in [3.8, 4) is 0 Å². The number of nitrogens with two attached hydrogens (primary N) is 1. The number of piperidine rings is 1. The van der Waals surface area contributed by atoms with E-state index in [0.29, 0.717) is 34.6 Å². The highest BCUT2D eigenvalue weighted by Gasteiger charge is 2.35. The van der Waals surface area contributed by atoms with Crippen molar-refractivity contribution in [1.82, 2.24) is 14.9 Å².